The van der Waals surface area contributed by atoms with Crippen molar-refractivity contribution in [1.29, 1.82) is 5.26 Å². The predicted octanol–water partition coefficient (Wildman–Crippen LogP) is 4.05. The second kappa shape index (κ2) is 7.85. The van der Waals surface area contributed by atoms with Gasteiger partial charge in [0.05, 0.1) is 34.7 Å². The van der Waals surface area contributed by atoms with E-state index in [0.29, 0.717) is 6.10 Å². The standard InChI is InChI=1S/C24H30N4O/c1-18-4-9-21(27-26-18)16-28-13-12-24(17-28,22-14-23(2,3)29-22)11-10-19-5-7-20(15-25)8-6-19/h4-9,22H,10-14,16-17H2,1-3H3/t22?,24-/m1/s1. The Hall–Kier alpha value is -2.29. The molecule has 2 aliphatic rings. The Balaban J connectivity index is 1.45. The van der Waals surface area contributed by atoms with Crippen LogP contribution >= 0.6 is 0 Å². The molecule has 0 N–H and O–H groups in total. The Morgan fingerprint density at radius 3 is 2.55 bits per heavy atom. The van der Waals surface area contributed by atoms with Crippen LogP contribution in [0.25, 0.3) is 0 Å². The maximum absolute atomic E-state index is 9.02. The molecule has 2 fully saturated rings. The lowest BCUT2D eigenvalue weighted by Gasteiger charge is -2.52. The maximum Gasteiger partial charge on any atom is 0.0991 e. The van der Waals surface area contributed by atoms with Gasteiger partial charge in [-0.1, -0.05) is 12.1 Å². The number of aryl methyl sites for hydroxylation is 2. The number of rotatable bonds is 6. The molecule has 0 bridgehead atoms. The van der Waals surface area contributed by atoms with Crippen molar-refractivity contribution in [3.8, 4) is 6.07 Å². The van der Waals surface area contributed by atoms with Crippen molar-refractivity contribution in [1.82, 2.24) is 15.1 Å². The van der Waals surface area contributed by atoms with Gasteiger partial charge in [0.2, 0.25) is 0 Å². The molecule has 152 valence electrons. The van der Waals surface area contributed by atoms with Crippen molar-refractivity contribution in [2.24, 2.45) is 5.41 Å². The van der Waals surface area contributed by atoms with Gasteiger partial charge in [0, 0.05) is 24.9 Å². The van der Waals surface area contributed by atoms with E-state index in [4.69, 9.17) is 10.00 Å². The lowest BCUT2D eigenvalue weighted by Crippen LogP contribution is -2.55. The molecule has 0 amide bonds. The first-order valence-corrected chi connectivity index (χ1v) is 10.6. The third-order valence-electron chi connectivity index (χ3n) is 6.52. The summed E-state index contributed by atoms with van der Waals surface area (Å²) in [7, 11) is 0. The van der Waals surface area contributed by atoms with Gasteiger partial charge in [0.25, 0.3) is 0 Å². The van der Waals surface area contributed by atoms with Gasteiger partial charge in [-0.25, -0.2) is 0 Å². The molecule has 5 heteroatoms. The van der Waals surface area contributed by atoms with Crippen molar-refractivity contribution in [2.75, 3.05) is 13.1 Å². The zero-order valence-electron chi connectivity index (χ0n) is 17.7. The molecule has 3 heterocycles. The third kappa shape index (κ3) is 4.49. The number of aromatic nitrogens is 2. The third-order valence-corrected chi connectivity index (χ3v) is 6.52. The van der Waals surface area contributed by atoms with Gasteiger partial charge in [-0.3, -0.25) is 4.90 Å². The summed E-state index contributed by atoms with van der Waals surface area (Å²) in [5, 5.41) is 17.6. The Kier molecular flexibility index (Phi) is 5.42. The number of hydrogen-bond acceptors (Lipinski definition) is 5. The smallest absolute Gasteiger partial charge is 0.0991 e. The number of nitriles is 1. The lowest BCUT2D eigenvalue weighted by atomic mass is 9.70. The molecular weight excluding hydrogens is 360 g/mol. The SMILES string of the molecule is Cc1ccc(CN2CC[C@@](CCc3ccc(C#N)cc3)(C3CC(C)(C)O3)C2)nn1. The summed E-state index contributed by atoms with van der Waals surface area (Å²) in [6.07, 6.45) is 4.73. The molecule has 0 spiro atoms. The van der Waals surface area contributed by atoms with Gasteiger partial charge in [-0.15, -0.1) is 0 Å². The highest BCUT2D eigenvalue weighted by Crippen LogP contribution is 2.49. The zero-order valence-corrected chi connectivity index (χ0v) is 17.7. The molecular formula is C24H30N4O. The minimum atomic E-state index is 0.00195. The van der Waals surface area contributed by atoms with Crippen LogP contribution in [0.3, 0.4) is 0 Å². The van der Waals surface area contributed by atoms with E-state index in [1.54, 1.807) is 0 Å². The molecule has 5 nitrogen and oxygen atoms in total. The van der Waals surface area contributed by atoms with Gasteiger partial charge in [0.1, 0.15) is 0 Å². The average Bonchev–Trinajstić information content (AvgIpc) is 3.10. The fourth-order valence-electron chi connectivity index (χ4n) is 4.79. The second-order valence-corrected chi connectivity index (χ2v) is 9.37. The van der Waals surface area contributed by atoms with E-state index in [1.807, 2.05) is 25.1 Å². The molecule has 29 heavy (non-hydrogen) atoms. The molecule has 1 unspecified atom stereocenters. The maximum atomic E-state index is 9.02. The van der Waals surface area contributed by atoms with Crippen LogP contribution in [0.2, 0.25) is 0 Å². The molecule has 2 atom stereocenters. The molecule has 1 aromatic heterocycles. The largest absolute Gasteiger partial charge is 0.372 e. The molecule has 2 aromatic rings. The van der Waals surface area contributed by atoms with Crippen molar-refractivity contribution < 1.29 is 4.74 Å². The number of likely N-dealkylation sites (tertiary alicyclic amines) is 1. The molecule has 0 radical (unpaired) electrons. The summed E-state index contributed by atoms with van der Waals surface area (Å²) in [6.45, 7) is 9.31. The average molecular weight is 391 g/mol. The topological polar surface area (TPSA) is 62.0 Å². The Labute approximate surface area is 173 Å². The Morgan fingerprint density at radius 1 is 1.17 bits per heavy atom. The predicted molar refractivity (Wildman–Crippen MR) is 112 cm³/mol. The minimum Gasteiger partial charge on any atom is -0.372 e. The van der Waals surface area contributed by atoms with Crippen LogP contribution in [-0.2, 0) is 17.7 Å². The van der Waals surface area contributed by atoms with E-state index in [9.17, 15) is 0 Å². The van der Waals surface area contributed by atoms with Gasteiger partial charge in [0.15, 0.2) is 0 Å². The van der Waals surface area contributed by atoms with Crippen LogP contribution in [0.4, 0.5) is 0 Å². The Bertz CT molecular complexity index is 877. The van der Waals surface area contributed by atoms with E-state index >= 15 is 0 Å². The summed E-state index contributed by atoms with van der Waals surface area (Å²) < 4.78 is 6.36. The highest BCUT2D eigenvalue weighted by Gasteiger charge is 2.52. The normalized spacial score (nSPS) is 26.1. The van der Waals surface area contributed by atoms with E-state index in [1.165, 1.54) is 5.56 Å². The van der Waals surface area contributed by atoms with Crippen LogP contribution in [-0.4, -0.2) is 39.9 Å². The van der Waals surface area contributed by atoms with Crippen LogP contribution < -0.4 is 0 Å². The van der Waals surface area contributed by atoms with Crippen LogP contribution in [0.1, 0.15) is 55.6 Å². The zero-order chi connectivity index (χ0) is 20.5. The minimum absolute atomic E-state index is 0.00195. The Morgan fingerprint density at radius 2 is 1.93 bits per heavy atom. The highest BCUT2D eigenvalue weighted by molar-refractivity contribution is 5.31. The fraction of sp³-hybridized carbons (Fsp3) is 0.542. The first kappa shape index (κ1) is 20.0. The van der Waals surface area contributed by atoms with Gasteiger partial charge < -0.3 is 4.74 Å². The molecule has 1 aromatic carbocycles. The first-order chi connectivity index (χ1) is 13.9. The fourth-order valence-corrected chi connectivity index (χ4v) is 4.79. The summed E-state index contributed by atoms with van der Waals surface area (Å²) >= 11 is 0. The van der Waals surface area contributed by atoms with Crippen molar-refractivity contribution in [2.45, 2.75) is 64.7 Å². The number of hydrogen-bond donors (Lipinski definition) is 0. The van der Waals surface area contributed by atoms with Crippen molar-refractivity contribution >= 4 is 0 Å². The van der Waals surface area contributed by atoms with Crippen LogP contribution in [0.5, 0.6) is 0 Å². The van der Waals surface area contributed by atoms with Crippen LogP contribution in [0.15, 0.2) is 36.4 Å². The summed E-state index contributed by atoms with van der Waals surface area (Å²) in [5.41, 5.74) is 4.19. The molecule has 0 saturated carbocycles. The molecule has 2 aliphatic heterocycles. The first-order valence-electron chi connectivity index (χ1n) is 10.6. The second-order valence-electron chi connectivity index (χ2n) is 9.37. The van der Waals surface area contributed by atoms with Crippen molar-refractivity contribution in [3.63, 3.8) is 0 Å². The number of benzene rings is 1. The molecule has 2 saturated heterocycles. The monoisotopic (exact) mass is 390 g/mol. The van der Waals surface area contributed by atoms with Crippen molar-refractivity contribution in [3.05, 3.63) is 58.9 Å². The van der Waals surface area contributed by atoms with Gasteiger partial charge in [-0.05, 0) is 76.4 Å². The van der Waals surface area contributed by atoms with Gasteiger partial charge in [-0.2, -0.15) is 15.5 Å². The van der Waals surface area contributed by atoms with Gasteiger partial charge >= 0.3 is 0 Å². The molecule has 0 aliphatic carbocycles. The molecule has 4 rings (SSSR count). The number of nitrogens with zero attached hydrogens (tertiary/aromatic N) is 4. The van der Waals surface area contributed by atoms with E-state index < -0.39 is 0 Å². The quantitative estimate of drug-likeness (QED) is 0.745. The highest BCUT2D eigenvalue weighted by atomic mass is 16.5. The van der Waals surface area contributed by atoms with E-state index in [-0.39, 0.29) is 11.0 Å². The summed E-state index contributed by atoms with van der Waals surface area (Å²) in [4.78, 5) is 2.51. The van der Waals surface area contributed by atoms with E-state index in [2.05, 4.69) is 53.2 Å². The lowest BCUT2D eigenvalue weighted by molar-refractivity contribution is -0.230. The van der Waals surface area contributed by atoms with E-state index in [0.717, 1.165) is 62.3 Å². The number of ether oxygens (including phenoxy) is 1. The summed E-state index contributed by atoms with van der Waals surface area (Å²) in [6, 6.07) is 14.3. The summed E-state index contributed by atoms with van der Waals surface area (Å²) in [5.74, 6) is 0. The van der Waals surface area contributed by atoms with Crippen LogP contribution in [0, 0.1) is 23.7 Å².